The number of nitrogens with zero attached hydrogens (tertiary/aromatic N) is 1. The quantitative estimate of drug-likeness (QED) is 0.455. The van der Waals surface area contributed by atoms with E-state index in [9.17, 15) is 4.79 Å². The van der Waals surface area contributed by atoms with Gasteiger partial charge in [0.15, 0.2) is 0 Å². The molecule has 1 rings (SSSR count). The molecule has 2 heteroatoms. The zero-order valence-corrected chi connectivity index (χ0v) is 5.95. The Labute approximate surface area is 65.3 Å². The summed E-state index contributed by atoms with van der Waals surface area (Å²) in [6.07, 6.45) is 6.76. The van der Waals surface area contributed by atoms with Gasteiger partial charge in [-0.1, -0.05) is 6.07 Å². The number of rotatable bonds is 2. The summed E-state index contributed by atoms with van der Waals surface area (Å²) in [5.41, 5.74) is 0.718. The Morgan fingerprint density at radius 3 is 3.00 bits per heavy atom. The zero-order valence-electron chi connectivity index (χ0n) is 5.95. The van der Waals surface area contributed by atoms with Crippen molar-refractivity contribution in [2.24, 2.45) is 0 Å². The smallest absolute Gasteiger partial charge is 0.211 e. The largest absolute Gasteiger partial charge is 0.284 e. The number of carbonyl (C=O) groups excluding carboxylic acids is 1. The van der Waals surface area contributed by atoms with E-state index in [1.807, 2.05) is 12.0 Å². The first kappa shape index (κ1) is 7.49. The van der Waals surface area contributed by atoms with E-state index < -0.39 is 0 Å². The van der Waals surface area contributed by atoms with Crippen LogP contribution in [-0.2, 0) is 11.2 Å². The Morgan fingerprint density at radius 2 is 2.45 bits per heavy atom. The number of pyridine rings is 1. The molecule has 0 aromatic carbocycles. The van der Waals surface area contributed by atoms with Crippen molar-refractivity contribution in [1.29, 1.82) is 0 Å². The minimum absolute atomic E-state index is 0.233. The van der Waals surface area contributed by atoms with Gasteiger partial charge in [-0.05, 0) is 18.1 Å². The number of hydrogen-bond donors (Lipinski definition) is 0. The second-order valence-corrected chi connectivity index (χ2v) is 2.07. The van der Waals surface area contributed by atoms with Crippen LogP contribution in [0.5, 0.6) is 0 Å². The Hall–Kier alpha value is -1.62. The standard InChI is InChI=1S/C9H7NO/c1-2-9(11)7-8-5-3-4-6-10-8/h1,3-6H,7H2. The lowest BCUT2D eigenvalue weighted by Crippen LogP contribution is -1.99. The van der Waals surface area contributed by atoms with Gasteiger partial charge in [-0.25, -0.2) is 0 Å². The van der Waals surface area contributed by atoms with Crippen LogP contribution in [0.4, 0.5) is 0 Å². The average Bonchev–Trinajstić information content (AvgIpc) is 2.06. The third-order valence-electron chi connectivity index (χ3n) is 1.23. The first-order valence-corrected chi connectivity index (χ1v) is 3.22. The van der Waals surface area contributed by atoms with E-state index in [0.717, 1.165) is 5.69 Å². The van der Waals surface area contributed by atoms with Gasteiger partial charge < -0.3 is 0 Å². The van der Waals surface area contributed by atoms with Crippen molar-refractivity contribution < 1.29 is 4.79 Å². The summed E-state index contributed by atoms with van der Waals surface area (Å²) in [5, 5.41) is 0. The van der Waals surface area contributed by atoms with Crippen molar-refractivity contribution in [1.82, 2.24) is 4.98 Å². The minimum Gasteiger partial charge on any atom is -0.284 e. The molecule has 1 aromatic heterocycles. The van der Waals surface area contributed by atoms with Crippen molar-refractivity contribution in [2.45, 2.75) is 6.42 Å². The van der Waals surface area contributed by atoms with Crippen LogP contribution in [0, 0.1) is 12.3 Å². The Kier molecular flexibility index (Phi) is 2.40. The van der Waals surface area contributed by atoms with Crippen LogP contribution in [-0.4, -0.2) is 10.8 Å². The van der Waals surface area contributed by atoms with Crippen LogP contribution in [0.2, 0.25) is 0 Å². The highest BCUT2D eigenvalue weighted by atomic mass is 16.1. The fourth-order valence-electron chi connectivity index (χ4n) is 0.718. The maximum Gasteiger partial charge on any atom is 0.211 e. The van der Waals surface area contributed by atoms with E-state index in [0.29, 0.717) is 0 Å². The van der Waals surface area contributed by atoms with Crippen molar-refractivity contribution in [3.05, 3.63) is 30.1 Å². The molecule has 1 aromatic rings. The van der Waals surface area contributed by atoms with E-state index >= 15 is 0 Å². The first-order valence-electron chi connectivity index (χ1n) is 3.22. The van der Waals surface area contributed by atoms with Crippen LogP contribution in [0.25, 0.3) is 0 Å². The molecular weight excluding hydrogens is 138 g/mol. The average molecular weight is 145 g/mol. The SMILES string of the molecule is C#CC(=O)Cc1ccccn1. The first-order chi connectivity index (χ1) is 5.33. The highest BCUT2D eigenvalue weighted by molar-refractivity contribution is 5.96. The maximum atomic E-state index is 10.7. The predicted molar refractivity (Wildman–Crippen MR) is 41.8 cm³/mol. The summed E-state index contributed by atoms with van der Waals surface area (Å²) >= 11 is 0. The molecular formula is C9H7NO. The summed E-state index contributed by atoms with van der Waals surface area (Å²) in [6, 6.07) is 5.39. The number of Topliss-reactive ketones (excluding diaryl/α,β-unsaturated/α-hetero) is 1. The lowest BCUT2D eigenvalue weighted by atomic mass is 10.2. The van der Waals surface area contributed by atoms with E-state index in [4.69, 9.17) is 6.42 Å². The molecule has 0 N–H and O–H groups in total. The predicted octanol–water partition coefficient (Wildman–Crippen LogP) is 0.826. The zero-order chi connectivity index (χ0) is 8.10. The molecule has 0 saturated heterocycles. The van der Waals surface area contributed by atoms with Crippen LogP contribution in [0.3, 0.4) is 0 Å². The molecule has 11 heavy (non-hydrogen) atoms. The van der Waals surface area contributed by atoms with Gasteiger partial charge in [0.1, 0.15) is 0 Å². The number of ketones is 1. The second kappa shape index (κ2) is 3.52. The summed E-state index contributed by atoms with van der Waals surface area (Å²) in [5.74, 6) is 1.80. The topological polar surface area (TPSA) is 30.0 Å². The van der Waals surface area contributed by atoms with E-state index in [2.05, 4.69) is 4.98 Å². The van der Waals surface area contributed by atoms with Crippen LogP contribution in [0.1, 0.15) is 5.69 Å². The third-order valence-corrected chi connectivity index (χ3v) is 1.23. The fourth-order valence-corrected chi connectivity index (χ4v) is 0.718. The van der Waals surface area contributed by atoms with Gasteiger partial charge in [0.25, 0.3) is 0 Å². The normalized spacial score (nSPS) is 8.64. The molecule has 0 atom stereocenters. The van der Waals surface area contributed by atoms with E-state index in [-0.39, 0.29) is 12.2 Å². The van der Waals surface area contributed by atoms with Crippen LogP contribution < -0.4 is 0 Å². The van der Waals surface area contributed by atoms with E-state index in [1.165, 1.54) is 0 Å². The van der Waals surface area contributed by atoms with Gasteiger partial charge in [0, 0.05) is 11.9 Å². The summed E-state index contributed by atoms with van der Waals surface area (Å²) < 4.78 is 0. The van der Waals surface area contributed by atoms with Gasteiger partial charge >= 0.3 is 0 Å². The summed E-state index contributed by atoms with van der Waals surface area (Å²) in [7, 11) is 0. The third kappa shape index (κ3) is 2.23. The van der Waals surface area contributed by atoms with Gasteiger partial charge in [0.2, 0.25) is 5.78 Å². The number of terminal acetylenes is 1. The van der Waals surface area contributed by atoms with Crippen molar-refractivity contribution >= 4 is 5.78 Å². The lowest BCUT2D eigenvalue weighted by Gasteiger charge is -1.92. The molecule has 0 bridgehead atoms. The molecule has 1 heterocycles. The van der Waals surface area contributed by atoms with Crippen molar-refractivity contribution in [3.8, 4) is 12.3 Å². The molecule has 0 aliphatic heterocycles. The highest BCUT2D eigenvalue weighted by Gasteiger charge is 1.98. The van der Waals surface area contributed by atoms with Crippen molar-refractivity contribution in [2.75, 3.05) is 0 Å². The number of carbonyl (C=O) groups is 1. The summed E-state index contributed by atoms with van der Waals surface area (Å²) in [6.45, 7) is 0. The van der Waals surface area contributed by atoms with Gasteiger partial charge in [-0.2, -0.15) is 0 Å². The molecule has 0 spiro atoms. The van der Waals surface area contributed by atoms with Gasteiger partial charge in [0.05, 0.1) is 6.42 Å². The Balaban J connectivity index is 2.67. The second-order valence-electron chi connectivity index (χ2n) is 2.07. The Morgan fingerprint density at radius 1 is 1.64 bits per heavy atom. The Bertz CT molecular complexity index is 284. The minimum atomic E-state index is -0.233. The molecule has 2 nitrogen and oxygen atoms in total. The number of hydrogen-bond acceptors (Lipinski definition) is 2. The molecule has 0 fully saturated rings. The van der Waals surface area contributed by atoms with Crippen molar-refractivity contribution in [3.63, 3.8) is 0 Å². The molecule has 0 amide bonds. The molecule has 0 aliphatic rings. The van der Waals surface area contributed by atoms with Gasteiger partial charge in [-0.15, -0.1) is 6.42 Å². The molecule has 54 valence electrons. The maximum absolute atomic E-state index is 10.7. The number of aromatic nitrogens is 1. The molecule has 0 unspecified atom stereocenters. The molecule has 0 radical (unpaired) electrons. The van der Waals surface area contributed by atoms with Crippen LogP contribution in [0.15, 0.2) is 24.4 Å². The van der Waals surface area contributed by atoms with Gasteiger partial charge in [-0.3, -0.25) is 9.78 Å². The highest BCUT2D eigenvalue weighted by Crippen LogP contribution is 1.94. The monoisotopic (exact) mass is 145 g/mol. The molecule has 0 aliphatic carbocycles. The van der Waals surface area contributed by atoms with Crippen LogP contribution >= 0.6 is 0 Å². The molecule has 0 saturated carbocycles. The fraction of sp³-hybridized carbons (Fsp3) is 0.111. The lowest BCUT2D eigenvalue weighted by molar-refractivity contribution is -0.113. The summed E-state index contributed by atoms with van der Waals surface area (Å²) in [4.78, 5) is 14.7. The van der Waals surface area contributed by atoms with E-state index in [1.54, 1.807) is 18.3 Å².